The number of aromatic nitrogens is 1. The molecule has 3 nitrogen and oxygen atoms in total. The van der Waals surface area contributed by atoms with Crippen LogP contribution in [0.15, 0.2) is 42.6 Å². The van der Waals surface area contributed by atoms with Crippen LogP contribution in [-0.4, -0.2) is 12.1 Å². The lowest BCUT2D eigenvalue weighted by molar-refractivity contribution is 0.369. The lowest BCUT2D eigenvalue weighted by Crippen LogP contribution is -1.92. The van der Waals surface area contributed by atoms with E-state index in [2.05, 4.69) is 4.98 Å². The number of nitrogens with zero attached hydrogens (tertiary/aromatic N) is 1. The Morgan fingerprint density at radius 3 is 2.56 bits per heavy atom. The first kappa shape index (κ1) is 10.8. The zero-order valence-corrected chi connectivity index (χ0v) is 9.44. The first-order chi connectivity index (χ1) is 7.79. The smallest absolute Gasteiger partial charge is 0.262 e. The standard InChI is InChI=1S/C12H10ClNO2/c1-15-11-3-2-8-14-12(11)16-10-6-4-9(13)5-7-10/h2-8H,1H3. The van der Waals surface area contributed by atoms with Crippen LogP contribution in [0, 0.1) is 0 Å². The minimum atomic E-state index is 0.437. The molecular formula is C12H10ClNO2. The number of methoxy groups -OCH3 is 1. The number of hydrogen-bond acceptors (Lipinski definition) is 3. The Morgan fingerprint density at radius 1 is 1.12 bits per heavy atom. The summed E-state index contributed by atoms with van der Waals surface area (Å²) in [5, 5.41) is 0.667. The third-order valence-electron chi connectivity index (χ3n) is 1.98. The summed E-state index contributed by atoms with van der Waals surface area (Å²) >= 11 is 5.78. The van der Waals surface area contributed by atoms with Crippen LogP contribution in [-0.2, 0) is 0 Å². The van der Waals surface area contributed by atoms with Crippen molar-refractivity contribution in [3.8, 4) is 17.4 Å². The summed E-state index contributed by atoms with van der Waals surface area (Å²) < 4.78 is 10.7. The second-order valence-corrected chi connectivity index (χ2v) is 3.50. The van der Waals surface area contributed by atoms with Crippen molar-refractivity contribution in [1.29, 1.82) is 0 Å². The summed E-state index contributed by atoms with van der Waals surface area (Å²) in [5.41, 5.74) is 0. The van der Waals surface area contributed by atoms with Gasteiger partial charge in [0.1, 0.15) is 5.75 Å². The van der Waals surface area contributed by atoms with Crippen LogP contribution < -0.4 is 9.47 Å². The molecule has 1 aromatic carbocycles. The van der Waals surface area contributed by atoms with Gasteiger partial charge in [0, 0.05) is 11.2 Å². The topological polar surface area (TPSA) is 31.4 Å². The van der Waals surface area contributed by atoms with Gasteiger partial charge in [-0.3, -0.25) is 0 Å². The van der Waals surface area contributed by atoms with Gasteiger partial charge in [0.15, 0.2) is 5.75 Å². The number of hydrogen-bond donors (Lipinski definition) is 0. The second kappa shape index (κ2) is 4.86. The summed E-state index contributed by atoms with van der Waals surface area (Å²) in [6.45, 7) is 0. The predicted molar refractivity (Wildman–Crippen MR) is 62.3 cm³/mol. The molecular weight excluding hydrogens is 226 g/mol. The SMILES string of the molecule is COc1cccnc1Oc1ccc(Cl)cc1. The third kappa shape index (κ3) is 2.44. The molecule has 1 heterocycles. The van der Waals surface area contributed by atoms with Crippen molar-refractivity contribution in [3.05, 3.63) is 47.6 Å². The Bertz CT molecular complexity index is 471. The Balaban J connectivity index is 2.23. The van der Waals surface area contributed by atoms with Gasteiger partial charge in [0.05, 0.1) is 7.11 Å². The average molecular weight is 236 g/mol. The largest absolute Gasteiger partial charge is 0.491 e. The first-order valence-electron chi connectivity index (χ1n) is 4.72. The molecule has 0 N–H and O–H groups in total. The maximum atomic E-state index is 5.78. The van der Waals surface area contributed by atoms with E-state index in [1.807, 2.05) is 0 Å². The predicted octanol–water partition coefficient (Wildman–Crippen LogP) is 3.54. The van der Waals surface area contributed by atoms with E-state index in [1.165, 1.54) is 0 Å². The van der Waals surface area contributed by atoms with Crippen molar-refractivity contribution >= 4 is 11.6 Å². The molecule has 0 saturated heterocycles. The molecule has 0 atom stereocenters. The number of pyridine rings is 1. The molecule has 0 fully saturated rings. The van der Waals surface area contributed by atoms with Crippen LogP contribution in [0.2, 0.25) is 5.02 Å². The highest BCUT2D eigenvalue weighted by Gasteiger charge is 2.05. The summed E-state index contributed by atoms with van der Waals surface area (Å²) in [6, 6.07) is 10.6. The van der Waals surface area contributed by atoms with E-state index >= 15 is 0 Å². The second-order valence-electron chi connectivity index (χ2n) is 3.07. The number of rotatable bonds is 3. The van der Waals surface area contributed by atoms with Crippen LogP contribution in [0.4, 0.5) is 0 Å². The highest BCUT2D eigenvalue weighted by Crippen LogP contribution is 2.28. The van der Waals surface area contributed by atoms with Crippen molar-refractivity contribution in [2.45, 2.75) is 0 Å². The molecule has 4 heteroatoms. The van der Waals surface area contributed by atoms with Crippen LogP contribution in [0.5, 0.6) is 17.4 Å². The van der Waals surface area contributed by atoms with Gasteiger partial charge in [-0.1, -0.05) is 11.6 Å². The van der Waals surface area contributed by atoms with Crippen molar-refractivity contribution in [2.24, 2.45) is 0 Å². The number of halogens is 1. The normalized spacial score (nSPS) is 9.88. The van der Waals surface area contributed by atoms with Gasteiger partial charge in [-0.15, -0.1) is 0 Å². The number of ether oxygens (including phenoxy) is 2. The summed E-state index contributed by atoms with van der Waals surface area (Å²) in [5.74, 6) is 1.70. The molecule has 1 aromatic heterocycles. The molecule has 16 heavy (non-hydrogen) atoms. The highest BCUT2D eigenvalue weighted by molar-refractivity contribution is 6.30. The van der Waals surface area contributed by atoms with Gasteiger partial charge in [0.25, 0.3) is 5.88 Å². The fourth-order valence-electron chi connectivity index (χ4n) is 1.22. The Hall–Kier alpha value is -1.74. The number of benzene rings is 1. The van der Waals surface area contributed by atoms with Gasteiger partial charge < -0.3 is 9.47 Å². The maximum absolute atomic E-state index is 5.78. The molecule has 2 aromatic rings. The minimum absolute atomic E-state index is 0.437. The van der Waals surface area contributed by atoms with E-state index in [9.17, 15) is 0 Å². The van der Waals surface area contributed by atoms with E-state index in [-0.39, 0.29) is 0 Å². The van der Waals surface area contributed by atoms with Crippen molar-refractivity contribution in [2.75, 3.05) is 7.11 Å². The van der Waals surface area contributed by atoms with Gasteiger partial charge in [-0.2, -0.15) is 0 Å². The maximum Gasteiger partial charge on any atom is 0.262 e. The van der Waals surface area contributed by atoms with Gasteiger partial charge >= 0.3 is 0 Å². The molecule has 0 saturated carbocycles. The fourth-order valence-corrected chi connectivity index (χ4v) is 1.35. The van der Waals surface area contributed by atoms with Crippen LogP contribution in [0.25, 0.3) is 0 Å². The molecule has 2 rings (SSSR count). The van der Waals surface area contributed by atoms with Crippen LogP contribution in [0.1, 0.15) is 0 Å². The minimum Gasteiger partial charge on any atom is -0.491 e. The third-order valence-corrected chi connectivity index (χ3v) is 2.24. The first-order valence-corrected chi connectivity index (χ1v) is 5.10. The Kier molecular flexibility index (Phi) is 3.27. The Morgan fingerprint density at radius 2 is 1.88 bits per heavy atom. The van der Waals surface area contributed by atoms with E-state index < -0.39 is 0 Å². The Labute approximate surface area is 98.6 Å². The van der Waals surface area contributed by atoms with E-state index in [0.717, 1.165) is 0 Å². The molecule has 0 bridgehead atoms. The summed E-state index contributed by atoms with van der Waals surface area (Å²) in [7, 11) is 1.58. The summed E-state index contributed by atoms with van der Waals surface area (Å²) in [6.07, 6.45) is 1.65. The molecule has 0 amide bonds. The lowest BCUT2D eigenvalue weighted by atomic mass is 10.3. The van der Waals surface area contributed by atoms with Crippen molar-refractivity contribution in [3.63, 3.8) is 0 Å². The monoisotopic (exact) mass is 235 g/mol. The zero-order chi connectivity index (χ0) is 11.4. The van der Waals surface area contributed by atoms with Crippen molar-refractivity contribution < 1.29 is 9.47 Å². The molecule has 0 unspecified atom stereocenters. The molecule has 0 aliphatic heterocycles. The molecule has 0 aliphatic carbocycles. The lowest BCUT2D eigenvalue weighted by Gasteiger charge is -2.08. The molecule has 0 radical (unpaired) electrons. The van der Waals surface area contributed by atoms with E-state index in [0.29, 0.717) is 22.4 Å². The average Bonchev–Trinajstić information content (AvgIpc) is 2.33. The zero-order valence-electron chi connectivity index (χ0n) is 8.68. The van der Waals surface area contributed by atoms with Crippen LogP contribution in [0.3, 0.4) is 0 Å². The van der Waals surface area contributed by atoms with Crippen LogP contribution >= 0.6 is 11.6 Å². The summed E-state index contributed by atoms with van der Waals surface area (Å²) in [4.78, 5) is 4.09. The molecule has 0 spiro atoms. The highest BCUT2D eigenvalue weighted by atomic mass is 35.5. The van der Waals surface area contributed by atoms with Gasteiger partial charge in [0.2, 0.25) is 0 Å². The fraction of sp³-hybridized carbons (Fsp3) is 0.0833. The molecule has 0 aliphatic rings. The van der Waals surface area contributed by atoms with Crippen molar-refractivity contribution in [1.82, 2.24) is 4.98 Å². The van der Waals surface area contributed by atoms with Gasteiger partial charge in [-0.25, -0.2) is 4.98 Å². The van der Waals surface area contributed by atoms with E-state index in [1.54, 1.807) is 49.7 Å². The quantitative estimate of drug-likeness (QED) is 0.816. The van der Waals surface area contributed by atoms with Gasteiger partial charge in [-0.05, 0) is 36.4 Å². The molecule has 82 valence electrons. The van der Waals surface area contributed by atoms with E-state index in [4.69, 9.17) is 21.1 Å².